The number of nitrogens with one attached hydrogen (secondary N) is 1. The van der Waals surface area contributed by atoms with Crippen molar-refractivity contribution in [2.24, 2.45) is 0 Å². The normalized spacial score (nSPS) is 12.6. The number of phosphoric ester groups is 1. The van der Waals surface area contributed by atoms with Crippen molar-refractivity contribution in [3.63, 3.8) is 0 Å². The van der Waals surface area contributed by atoms with Gasteiger partial charge >= 0.3 is 7.82 Å². The molecule has 0 aliphatic rings. The van der Waals surface area contributed by atoms with E-state index >= 15 is 0 Å². The van der Waals surface area contributed by atoms with Crippen LogP contribution in [-0.4, -0.2) is 33.4 Å². The van der Waals surface area contributed by atoms with E-state index in [9.17, 15) is 14.5 Å². The largest absolute Gasteiger partial charge is 0.507 e. The highest BCUT2D eigenvalue weighted by Gasteiger charge is 2.22. The summed E-state index contributed by atoms with van der Waals surface area (Å²) in [5.41, 5.74) is 0.942. The molecule has 0 saturated heterocycles. The van der Waals surface area contributed by atoms with Crippen LogP contribution in [0, 0.1) is 0 Å². The summed E-state index contributed by atoms with van der Waals surface area (Å²) in [7, 11) is -4.68. The lowest BCUT2D eigenvalue weighted by molar-refractivity contribution is 0.0906. The number of phenols is 1. The Morgan fingerprint density at radius 1 is 1.00 bits per heavy atom. The van der Waals surface area contributed by atoms with Gasteiger partial charge in [-0.2, -0.15) is 0 Å². The first-order chi connectivity index (χ1) is 13.3. The van der Waals surface area contributed by atoms with Crippen molar-refractivity contribution in [3.8, 4) is 5.75 Å². The van der Waals surface area contributed by atoms with Gasteiger partial charge in [-0.1, -0.05) is 54.6 Å². The smallest absolute Gasteiger partial charge is 0.469 e. The number of carbonyl (C=O) groups excluding carboxylic acids is 1. The van der Waals surface area contributed by atoms with Gasteiger partial charge in [0.1, 0.15) is 5.75 Å². The van der Waals surface area contributed by atoms with E-state index in [1.54, 1.807) is 6.07 Å². The minimum Gasteiger partial charge on any atom is -0.507 e. The van der Waals surface area contributed by atoms with Crippen LogP contribution in [0.5, 0.6) is 5.75 Å². The number of hydrogen-bond acceptors (Lipinski definition) is 4. The monoisotopic (exact) mass is 401 g/mol. The van der Waals surface area contributed by atoms with Gasteiger partial charge in [-0.3, -0.25) is 9.32 Å². The number of aromatic hydroxyl groups is 1. The molecule has 0 spiro atoms. The Bertz CT molecular complexity index is 1020. The van der Waals surface area contributed by atoms with Crippen LogP contribution in [0.25, 0.3) is 10.8 Å². The maximum Gasteiger partial charge on any atom is 0.469 e. The third-order valence-electron chi connectivity index (χ3n) is 4.21. The van der Waals surface area contributed by atoms with Crippen molar-refractivity contribution in [2.75, 3.05) is 6.61 Å². The summed E-state index contributed by atoms with van der Waals surface area (Å²) < 4.78 is 15.7. The highest BCUT2D eigenvalue weighted by molar-refractivity contribution is 7.46. The lowest BCUT2D eigenvalue weighted by Crippen LogP contribution is -2.39. The van der Waals surface area contributed by atoms with E-state index in [-0.39, 0.29) is 17.9 Å². The van der Waals surface area contributed by atoms with Crippen LogP contribution in [0.15, 0.2) is 66.7 Å². The molecule has 28 heavy (non-hydrogen) atoms. The predicted molar refractivity (Wildman–Crippen MR) is 105 cm³/mol. The summed E-state index contributed by atoms with van der Waals surface area (Å²) in [6.45, 7) is -0.376. The number of phosphoric acid groups is 1. The number of fused-ring (bicyclic) bond motifs is 1. The fraction of sp³-hybridized carbons (Fsp3) is 0.150. The van der Waals surface area contributed by atoms with E-state index in [2.05, 4.69) is 9.84 Å². The van der Waals surface area contributed by atoms with Gasteiger partial charge < -0.3 is 20.2 Å². The number of carbonyl (C=O) groups is 1. The van der Waals surface area contributed by atoms with Crippen molar-refractivity contribution >= 4 is 24.5 Å². The van der Waals surface area contributed by atoms with Gasteiger partial charge in [0, 0.05) is 0 Å². The molecule has 3 rings (SSSR count). The topological polar surface area (TPSA) is 116 Å². The second-order valence-electron chi connectivity index (χ2n) is 6.36. The Morgan fingerprint density at radius 2 is 1.61 bits per heavy atom. The summed E-state index contributed by atoms with van der Waals surface area (Å²) >= 11 is 0. The molecular formula is C20H20NO6P. The fourth-order valence-electron chi connectivity index (χ4n) is 2.91. The quantitative estimate of drug-likeness (QED) is 0.453. The Labute approximate surface area is 161 Å². The van der Waals surface area contributed by atoms with Crippen molar-refractivity contribution in [2.45, 2.75) is 12.5 Å². The van der Waals surface area contributed by atoms with Crippen LogP contribution in [0.3, 0.4) is 0 Å². The fourth-order valence-corrected chi connectivity index (χ4v) is 3.28. The van der Waals surface area contributed by atoms with Crippen LogP contribution in [0.1, 0.15) is 15.9 Å². The van der Waals surface area contributed by atoms with Crippen LogP contribution in [0.4, 0.5) is 0 Å². The van der Waals surface area contributed by atoms with Crippen LogP contribution >= 0.6 is 7.82 Å². The molecule has 3 aromatic carbocycles. The molecule has 0 heterocycles. The molecule has 0 aromatic heterocycles. The molecule has 0 saturated carbocycles. The zero-order chi connectivity index (χ0) is 20.1. The molecule has 0 aliphatic carbocycles. The Kier molecular flexibility index (Phi) is 6.11. The second kappa shape index (κ2) is 8.54. The molecule has 0 unspecified atom stereocenters. The summed E-state index contributed by atoms with van der Waals surface area (Å²) in [6.07, 6.45) is 0.306. The molecule has 1 amide bonds. The maximum atomic E-state index is 12.7. The van der Waals surface area contributed by atoms with Crippen molar-refractivity contribution in [1.82, 2.24) is 5.32 Å². The lowest BCUT2D eigenvalue weighted by atomic mass is 10.0. The summed E-state index contributed by atoms with van der Waals surface area (Å²) in [5.74, 6) is -0.732. The van der Waals surface area contributed by atoms with Crippen molar-refractivity contribution < 1.29 is 28.8 Å². The standard InChI is InChI=1S/C20H20NO6P/c22-19-12-16-9-5-4-8-15(16)11-18(19)20(23)21-17(13-27-28(24,25)26)10-14-6-2-1-3-7-14/h1-9,11-12,17,22H,10,13H2,(H,21,23)(H2,24,25,26)/t17-/m1/s1. The van der Waals surface area contributed by atoms with Gasteiger partial charge in [0.2, 0.25) is 0 Å². The molecule has 3 aromatic rings. The molecule has 1 atom stereocenters. The van der Waals surface area contributed by atoms with Crippen LogP contribution in [0.2, 0.25) is 0 Å². The molecule has 7 nitrogen and oxygen atoms in total. The first-order valence-electron chi connectivity index (χ1n) is 8.58. The third-order valence-corrected chi connectivity index (χ3v) is 4.70. The molecular weight excluding hydrogens is 381 g/mol. The molecule has 0 aliphatic heterocycles. The molecule has 0 radical (unpaired) electrons. The number of rotatable bonds is 7. The van der Waals surface area contributed by atoms with Crippen LogP contribution in [-0.2, 0) is 15.5 Å². The lowest BCUT2D eigenvalue weighted by Gasteiger charge is -2.20. The average Bonchev–Trinajstić information content (AvgIpc) is 2.65. The van der Waals surface area contributed by atoms with Gasteiger partial charge in [-0.15, -0.1) is 0 Å². The molecule has 0 bridgehead atoms. The van der Waals surface area contributed by atoms with Gasteiger partial charge in [-0.05, 0) is 34.9 Å². The van der Waals surface area contributed by atoms with E-state index in [1.807, 2.05) is 54.6 Å². The molecule has 0 fully saturated rings. The minimum atomic E-state index is -4.68. The Balaban J connectivity index is 1.81. The first-order valence-corrected chi connectivity index (χ1v) is 10.1. The van der Waals surface area contributed by atoms with E-state index < -0.39 is 19.8 Å². The SMILES string of the molecule is O=C(N[C@@H](COP(=O)(O)O)Cc1ccccc1)c1cc2ccccc2cc1O. The summed E-state index contributed by atoms with van der Waals surface area (Å²) in [4.78, 5) is 30.7. The third kappa shape index (κ3) is 5.41. The summed E-state index contributed by atoms with van der Waals surface area (Å²) in [5, 5.41) is 14.5. The predicted octanol–water partition coefficient (Wildman–Crippen LogP) is 3.00. The number of phenolic OH excluding ortho intramolecular Hbond substituents is 1. The summed E-state index contributed by atoms with van der Waals surface area (Å²) in [6, 6.07) is 18.8. The highest BCUT2D eigenvalue weighted by atomic mass is 31.2. The van der Waals surface area contributed by atoms with Crippen LogP contribution < -0.4 is 5.32 Å². The van der Waals surface area contributed by atoms with E-state index in [4.69, 9.17) is 9.79 Å². The zero-order valence-corrected chi connectivity index (χ0v) is 15.8. The first kappa shape index (κ1) is 20.0. The van der Waals surface area contributed by atoms with E-state index in [0.29, 0.717) is 6.42 Å². The van der Waals surface area contributed by atoms with Crippen molar-refractivity contribution in [1.29, 1.82) is 0 Å². The molecule has 8 heteroatoms. The number of benzene rings is 3. The minimum absolute atomic E-state index is 0.0768. The Morgan fingerprint density at radius 3 is 2.25 bits per heavy atom. The Hall–Kier alpha value is -2.70. The maximum absolute atomic E-state index is 12.7. The van der Waals surface area contributed by atoms with Crippen molar-refractivity contribution in [3.05, 3.63) is 77.9 Å². The number of hydrogen-bond donors (Lipinski definition) is 4. The van der Waals surface area contributed by atoms with Gasteiger partial charge in [-0.25, -0.2) is 4.57 Å². The molecule has 4 N–H and O–H groups in total. The van der Waals surface area contributed by atoms with E-state index in [0.717, 1.165) is 16.3 Å². The van der Waals surface area contributed by atoms with Gasteiger partial charge in [0.05, 0.1) is 18.2 Å². The average molecular weight is 401 g/mol. The zero-order valence-electron chi connectivity index (χ0n) is 14.9. The van der Waals surface area contributed by atoms with E-state index in [1.165, 1.54) is 6.07 Å². The van der Waals surface area contributed by atoms with Gasteiger partial charge in [0.15, 0.2) is 0 Å². The van der Waals surface area contributed by atoms with Gasteiger partial charge in [0.25, 0.3) is 5.91 Å². The molecule has 146 valence electrons. The highest BCUT2D eigenvalue weighted by Crippen LogP contribution is 2.36. The second-order valence-corrected chi connectivity index (χ2v) is 7.60. The number of amides is 1.